The van der Waals surface area contributed by atoms with Crippen LogP contribution in [0, 0.1) is 5.92 Å². The minimum Gasteiger partial charge on any atom is -0.388 e. The minimum atomic E-state index is 0.0503. The molecular formula is C14H19NO. The third-order valence-electron chi connectivity index (χ3n) is 2.20. The molecule has 0 saturated heterocycles. The summed E-state index contributed by atoms with van der Waals surface area (Å²) in [6.07, 6.45) is 1.65. The molecule has 2 heteroatoms. The van der Waals surface area contributed by atoms with E-state index in [0.29, 0.717) is 5.92 Å². The lowest BCUT2D eigenvalue weighted by Gasteiger charge is -2.08. The van der Waals surface area contributed by atoms with Gasteiger partial charge in [0.1, 0.15) is 0 Å². The summed E-state index contributed by atoms with van der Waals surface area (Å²) in [4.78, 5) is 11.8. The van der Waals surface area contributed by atoms with Crippen molar-refractivity contribution in [3.63, 3.8) is 0 Å². The van der Waals surface area contributed by atoms with Crippen molar-refractivity contribution in [2.45, 2.75) is 20.8 Å². The number of nitrogens with one attached hydrogen (secondary N) is 1. The minimum absolute atomic E-state index is 0.0503. The van der Waals surface area contributed by atoms with Crippen LogP contribution in [0.15, 0.2) is 42.1 Å². The maximum absolute atomic E-state index is 11.8. The molecule has 16 heavy (non-hydrogen) atoms. The van der Waals surface area contributed by atoms with Gasteiger partial charge in [0.05, 0.1) is 0 Å². The largest absolute Gasteiger partial charge is 0.388 e. The highest BCUT2D eigenvalue weighted by molar-refractivity contribution is 6.04. The quantitative estimate of drug-likeness (QED) is 0.606. The van der Waals surface area contributed by atoms with E-state index < -0.39 is 0 Å². The lowest BCUT2D eigenvalue weighted by atomic mass is 10.1. The highest BCUT2D eigenvalue weighted by Crippen LogP contribution is 2.02. The van der Waals surface area contributed by atoms with Crippen LogP contribution >= 0.6 is 0 Å². The summed E-state index contributed by atoms with van der Waals surface area (Å²) >= 11 is 0. The smallest absolute Gasteiger partial charge is 0.187 e. The van der Waals surface area contributed by atoms with Crippen LogP contribution in [0.25, 0.3) is 0 Å². The van der Waals surface area contributed by atoms with Crippen LogP contribution in [-0.2, 0) is 0 Å². The predicted molar refractivity (Wildman–Crippen MR) is 67.4 cm³/mol. The number of allylic oxidation sites excluding steroid dienone is 2. The average molecular weight is 217 g/mol. The lowest BCUT2D eigenvalue weighted by Crippen LogP contribution is -2.18. The van der Waals surface area contributed by atoms with E-state index in [4.69, 9.17) is 0 Å². The third-order valence-corrected chi connectivity index (χ3v) is 2.20. The number of rotatable bonds is 5. The molecular weight excluding hydrogens is 198 g/mol. The number of carbonyl (C=O) groups excluding carboxylic acids is 1. The molecule has 0 aliphatic heterocycles. The first-order chi connectivity index (χ1) is 7.59. The highest BCUT2D eigenvalue weighted by atomic mass is 16.1. The molecule has 1 N–H and O–H groups in total. The molecule has 1 aromatic carbocycles. The zero-order valence-electron chi connectivity index (χ0n) is 10.2. The Morgan fingerprint density at radius 3 is 2.50 bits per heavy atom. The van der Waals surface area contributed by atoms with E-state index in [2.05, 4.69) is 19.2 Å². The number of hydrogen-bond donors (Lipinski definition) is 1. The van der Waals surface area contributed by atoms with Crippen LogP contribution in [0.3, 0.4) is 0 Å². The van der Waals surface area contributed by atoms with Crippen LogP contribution < -0.4 is 5.32 Å². The molecule has 0 radical (unpaired) electrons. The Labute approximate surface area is 97.4 Å². The number of ketones is 1. The van der Waals surface area contributed by atoms with E-state index in [0.717, 1.165) is 17.8 Å². The van der Waals surface area contributed by atoms with Crippen LogP contribution in [0.1, 0.15) is 31.1 Å². The van der Waals surface area contributed by atoms with Crippen LogP contribution in [0.2, 0.25) is 0 Å². The van der Waals surface area contributed by atoms with Gasteiger partial charge in [-0.1, -0.05) is 44.2 Å². The molecule has 0 atom stereocenters. The summed E-state index contributed by atoms with van der Waals surface area (Å²) in [6, 6.07) is 9.31. The number of hydrogen-bond acceptors (Lipinski definition) is 2. The van der Waals surface area contributed by atoms with Crippen molar-refractivity contribution < 1.29 is 4.79 Å². The van der Waals surface area contributed by atoms with Crippen molar-refractivity contribution in [1.29, 1.82) is 0 Å². The summed E-state index contributed by atoms with van der Waals surface area (Å²) in [6.45, 7) is 7.09. The normalized spacial score (nSPS) is 11.6. The van der Waals surface area contributed by atoms with E-state index in [1.54, 1.807) is 6.08 Å². The Morgan fingerprint density at radius 2 is 1.94 bits per heavy atom. The van der Waals surface area contributed by atoms with Crippen molar-refractivity contribution in [3.05, 3.63) is 47.7 Å². The predicted octanol–water partition coefficient (Wildman–Crippen LogP) is 3.02. The van der Waals surface area contributed by atoms with Crippen LogP contribution in [0.5, 0.6) is 0 Å². The molecule has 0 heterocycles. The molecule has 2 nitrogen and oxygen atoms in total. The van der Waals surface area contributed by atoms with Crippen molar-refractivity contribution >= 4 is 5.78 Å². The zero-order chi connectivity index (χ0) is 12.0. The van der Waals surface area contributed by atoms with Crippen LogP contribution in [-0.4, -0.2) is 12.3 Å². The summed E-state index contributed by atoms with van der Waals surface area (Å²) in [5, 5.41) is 3.22. The Bertz CT molecular complexity index is 366. The Kier molecular flexibility index (Phi) is 4.77. The van der Waals surface area contributed by atoms with Gasteiger partial charge in [-0.15, -0.1) is 0 Å². The van der Waals surface area contributed by atoms with Gasteiger partial charge in [0.25, 0.3) is 0 Å². The number of carbonyl (C=O) groups is 1. The van der Waals surface area contributed by atoms with Gasteiger partial charge in [-0.3, -0.25) is 4.79 Å². The van der Waals surface area contributed by atoms with E-state index >= 15 is 0 Å². The molecule has 86 valence electrons. The summed E-state index contributed by atoms with van der Waals surface area (Å²) in [5.74, 6) is 0.629. The second kappa shape index (κ2) is 6.11. The second-order valence-corrected chi connectivity index (χ2v) is 4.33. The summed E-state index contributed by atoms with van der Waals surface area (Å²) in [7, 11) is 0. The van der Waals surface area contributed by atoms with Crippen molar-refractivity contribution in [3.8, 4) is 0 Å². The number of benzene rings is 1. The first kappa shape index (κ1) is 12.5. The Hall–Kier alpha value is -1.57. The van der Waals surface area contributed by atoms with E-state index in [-0.39, 0.29) is 5.78 Å². The van der Waals surface area contributed by atoms with Gasteiger partial charge in [-0.25, -0.2) is 0 Å². The molecule has 0 saturated carbocycles. The molecule has 0 aromatic heterocycles. The molecule has 0 spiro atoms. The lowest BCUT2D eigenvalue weighted by molar-refractivity contribution is 0.104. The molecule has 1 aromatic rings. The maximum atomic E-state index is 11.8. The fourth-order valence-electron chi connectivity index (χ4n) is 1.30. The van der Waals surface area contributed by atoms with Crippen molar-refractivity contribution in [2.75, 3.05) is 6.54 Å². The monoisotopic (exact) mass is 217 g/mol. The fraction of sp³-hybridized carbons (Fsp3) is 0.357. The average Bonchev–Trinajstić information content (AvgIpc) is 2.27. The second-order valence-electron chi connectivity index (χ2n) is 4.33. The topological polar surface area (TPSA) is 29.1 Å². The van der Waals surface area contributed by atoms with E-state index in [1.807, 2.05) is 37.3 Å². The van der Waals surface area contributed by atoms with Gasteiger partial charge in [-0.2, -0.15) is 0 Å². The van der Waals surface area contributed by atoms with Gasteiger partial charge in [-0.05, 0) is 12.8 Å². The summed E-state index contributed by atoms with van der Waals surface area (Å²) < 4.78 is 0. The Morgan fingerprint density at radius 1 is 1.31 bits per heavy atom. The first-order valence-electron chi connectivity index (χ1n) is 5.61. The maximum Gasteiger partial charge on any atom is 0.187 e. The molecule has 0 unspecified atom stereocenters. The van der Waals surface area contributed by atoms with Crippen molar-refractivity contribution in [2.24, 2.45) is 5.92 Å². The Balaban J connectivity index is 2.59. The zero-order valence-corrected chi connectivity index (χ0v) is 10.2. The standard InChI is InChI=1S/C14H19NO/c1-11(2)10-15-12(3)9-14(16)13-7-5-4-6-8-13/h4-9,11,15H,10H2,1-3H3. The van der Waals surface area contributed by atoms with Gasteiger partial charge in [0.2, 0.25) is 0 Å². The first-order valence-corrected chi connectivity index (χ1v) is 5.61. The molecule has 0 aliphatic rings. The molecule has 1 rings (SSSR count). The summed E-state index contributed by atoms with van der Waals surface area (Å²) in [5.41, 5.74) is 1.65. The molecule has 0 aliphatic carbocycles. The van der Waals surface area contributed by atoms with E-state index in [9.17, 15) is 4.79 Å². The third kappa shape index (κ3) is 4.30. The van der Waals surface area contributed by atoms with Gasteiger partial charge >= 0.3 is 0 Å². The fourth-order valence-corrected chi connectivity index (χ4v) is 1.30. The van der Waals surface area contributed by atoms with Gasteiger partial charge < -0.3 is 5.32 Å². The van der Waals surface area contributed by atoms with Gasteiger partial charge in [0.15, 0.2) is 5.78 Å². The molecule has 0 fully saturated rings. The molecule has 0 amide bonds. The SMILES string of the molecule is CC(=CC(=O)c1ccccc1)NCC(C)C. The van der Waals surface area contributed by atoms with E-state index in [1.165, 1.54) is 0 Å². The van der Waals surface area contributed by atoms with Crippen molar-refractivity contribution in [1.82, 2.24) is 5.32 Å². The highest BCUT2D eigenvalue weighted by Gasteiger charge is 2.01. The molecule has 0 bridgehead atoms. The van der Waals surface area contributed by atoms with Gasteiger partial charge in [0, 0.05) is 23.9 Å². The van der Waals surface area contributed by atoms with Crippen LogP contribution in [0.4, 0.5) is 0 Å².